The second kappa shape index (κ2) is 6.52. The number of benzene rings is 1. The van der Waals surface area contributed by atoms with Crippen molar-refractivity contribution in [2.45, 2.75) is 19.9 Å². The zero-order valence-electron chi connectivity index (χ0n) is 11.8. The number of nitrogens with zero attached hydrogens (tertiary/aromatic N) is 2. The molecule has 2 N–H and O–H groups in total. The van der Waals surface area contributed by atoms with Crippen LogP contribution in [0.25, 0.3) is 0 Å². The van der Waals surface area contributed by atoms with Crippen LogP contribution >= 0.6 is 0 Å². The Morgan fingerprint density at radius 1 is 1.10 bits per heavy atom. The van der Waals surface area contributed by atoms with Gasteiger partial charge in [0.2, 0.25) is 11.8 Å². The molecule has 0 radical (unpaired) electrons. The van der Waals surface area contributed by atoms with Crippen LogP contribution in [0.2, 0.25) is 0 Å². The molecule has 1 aliphatic heterocycles. The number of primary amides is 1. The minimum Gasteiger partial charge on any atom is -0.366 e. The van der Waals surface area contributed by atoms with Gasteiger partial charge in [-0.2, -0.15) is 0 Å². The monoisotopic (exact) mass is 275 g/mol. The maximum atomic E-state index is 11.4. The van der Waals surface area contributed by atoms with Crippen LogP contribution in [0.15, 0.2) is 24.3 Å². The second-order valence-electron chi connectivity index (χ2n) is 5.20. The van der Waals surface area contributed by atoms with Crippen molar-refractivity contribution in [2.75, 3.05) is 26.2 Å². The van der Waals surface area contributed by atoms with Gasteiger partial charge in [-0.3, -0.25) is 14.5 Å². The lowest BCUT2D eigenvalue weighted by atomic mass is 10.1. The van der Waals surface area contributed by atoms with E-state index >= 15 is 0 Å². The third-order valence-electron chi connectivity index (χ3n) is 3.68. The summed E-state index contributed by atoms with van der Waals surface area (Å²) in [5, 5.41) is 0. The molecule has 5 heteroatoms. The van der Waals surface area contributed by atoms with Gasteiger partial charge in [0.15, 0.2) is 0 Å². The lowest BCUT2D eigenvalue weighted by Crippen LogP contribution is -2.33. The van der Waals surface area contributed by atoms with Crippen molar-refractivity contribution in [3.05, 3.63) is 35.4 Å². The number of hydrogen-bond acceptors (Lipinski definition) is 3. The summed E-state index contributed by atoms with van der Waals surface area (Å²) in [6.07, 6.45) is 0.999. The topological polar surface area (TPSA) is 66.6 Å². The van der Waals surface area contributed by atoms with Crippen molar-refractivity contribution >= 4 is 11.8 Å². The molecule has 0 saturated carbocycles. The molecular formula is C15H21N3O2. The van der Waals surface area contributed by atoms with Gasteiger partial charge in [0, 0.05) is 45.2 Å². The lowest BCUT2D eigenvalue weighted by Gasteiger charge is -2.21. The van der Waals surface area contributed by atoms with Crippen molar-refractivity contribution in [2.24, 2.45) is 5.73 Å². The molecule has 1 aliphatic rings. The third-order valence-corrected chi connectivity index (χ3v) is 3.68. The molecule has 0 aliphatic carbocycles. The summed E-state index contributed by atoms with van der Waals surface area (Å²) in [5.74, 6) is -0.249. The Kier molecular flexibility index (Phi) is 4.74. The van der Waals surface area contributed by atoms with Crippen LogP contribution in [0.4, 0.5) is 0 Å². The van der Waals surface area contributed by atoms with Crippen LogP contribution in [0.3, 0.4) is 0 Å². The first kappa shape index (κ1) is 14.5. The van der Waals surface area contributed by atoms with Crippen molar-refractivity contribution in [3.8, 4) is 0 Å². The summed E-state index contributed by atoms with van der Waals surface area (Å²) in [4.78, 5) is 26.6. The highest BCUT2D eigenvalue weighted by atomic mass is 16.2. The van der Waals surface area contributed by atoms with E-state index in [-0.39, 0.29) is 5.91 Å². The minimum absolute atomic E-state index is 0.151. The molecule has 1 saturated heterocycles. The third kappa shape index (κ3) is 3.81. The van der Waals surface area contributed by atoms with Gasteiger partial charge >= 0.3 is 0 Å². The Morgan fingerprint density at radius 3 is 2.40 bits per heavy atom. The Bertz CT molecular complexity index is 484. The molecule has 1 fully saturated rings. The molecule has 20 heavy (non-hydrogen) atoms. The van der Waals surface area contributed by atoms with Gasteiger partial charge in [0.05, 0.1) is 0 Å². The molecule has 0 unspecified atom stereocenters. The van der Waals surface area contributed by atoms with E-state index in [0.717, 1.165) is 44.7 Å². The number of nitrogens with two attached hydrogens (primary N) is 1. The van der Waals surface area contributed by atoms with E-state index in [4.69, 9.17) is 5.73 Å². The van der Waals surface area contributed by atoms with Gasteiger partial charge in [0.25, 0.3) is 0 Å². The number of rotatable bonds is 3. The Balaban J connectivity index is 1.93. The van der Waals surface area contributed by atoms with Crippen LogP contribution < -0.4 is 5.73 Å². The van der Waals surface area contributed by atoms with Gasteiger partial charge < -0.3 is 10.6 Å². The fourth-order valence-electron chi connectivity index (χ4n) is 2.48. The molecular weight excluding hydrogens is 254 g/mol. The summed E-state index contributed by atoms with van der Waals surface area (Å²) < 4.78 is 0. The average molecular weight is 275 g/mol. The van der Waals surface area contributed by atoms with Crippen molar-refractivity contribution in [1.82, 2.24) is 9.80 Å². The molecule has 2 amide bonds. The van der Waals surface area contributed by atoms with Crippen LogP contribution in [-0.2, 0) is 11.3 Å². The highest BCUT2D eigenvalue weighted by Crippen LogP contribution is 2.10. The largest absolute Gasteiger partial charge is 0.366 e. The SMILES string of the molecule is CC(=O)N1CCCN(Cc2ccc(C(N)=O)cc2)CC1. The fraction of sp³-hybridized carbons (Fsp3) is 0.467. The smallest absolute Gasteiger partial charge is 0.248 e. The van der Waals surface area contributed by atoms with Crippen molar-refractivity contribution in [1.29, 1.82) is 0 Å². The maximum absolute atomic E-state index is 11.4. The first-order valence-corrected chi connectivity index (χ1v) is 6.93. The minimum atomic E-state index is -0.400. The summed E-state index contributed by atoms with van der Waals surface area (Å²) >= 11 is 0. The molecule has 108 valence electrons. The van der Waals surface area contributed by atoms with E-state index < -0.39 is 5.91 Å². The van der Waals surface area contributed by atoms with E-state index in [1.165, 1.54) is 0 Å². The van der Waals surface area contributed by atoms with Crippen molar-refractivity contribution < 1.29 is 9.59 Å². The van der Waals surface area contributed by atoms with Gasteiger partial charge in [0.1, 0.15) is 0 Å². The molecule has 1 aromatic carbocycles. The molecule has 5 nitrogen and oxygen atoms in total. The van der Waals surface area contributed by atoms with E-state index in [0.29, 0.717) is 5.56 Å². The normalized spacial score (nSPS) is 16.8. The molecule has 0 spiro atoms. The Labute approximate surface area is 119 Å². The van der Waals surface area contributed by atoms with Crippen molar-refractivity contribution in [3.63, 3.8) is 0 Å². The maximum Gasteiger partial charge on any atom is 0.248 e. The zero-order valence-corrected chi connectivity index (χ0v) is 11.8. The molecule has 0 bridgehead atoms. The molecule has 2 rings (SSSR count). The number of carbonyl (C=O) groups excluding carboxylic acids is 2. The summed E-state index contributed by atoms with van der Waals surface area (Å²) in [6, 6.07) is 7.40. The van der Waals surface area contributed by atoms with Gasteiger partial charge in [-0.1, -0.05) is 12.1 Å². The van der Waals surface area contributed by atoms with Gasteiger partial charge in [-0.15, -0.1) is 0 Å². The van der Waals surface area contributed by atoms with E-state index in [9.17, 15) is 9.59 Å². The molecule has 1 heterocycles. The summed E-state index contributed by atoms with van der Waals surface area (Å²) in [7, 11) is 0. The Hall–Kier alpha value is -1.88. The lowest BCUT2D eigenvalue weighted by molar-refractivity contribution is -0.128. The van der Waals surface area contributed by atoms with Crippen LogP contribution in [0.1, 0.15) is 29.3 Å². The van der Waals surface area contributed by atoms with E-state index in [1.54, 1.807) is 19.1 Å². The number of amides is 2. The van der Waals surface area contributed by atoms with E-state index in [1.807, 2.05) is 17.0 Å². The quantitative estimate of drug-likeness (QED) is 0.889. The van der Waals surface area contributed by atoms with Gasteiger partial charge in [-0.25, -0.2) is 0 Å². The predicted octanol–water partition coefficient (Wildman–Crippen LogP) is 0.840. The highest BCUT2D eigenvalue weighted by molar-refractivity contribution is 5.92. The first-order valence-electron chi connectivity index (χ1n) is 6.93. The summed E-state index contributed by atoms with van der Waals surface area (Å²) in [6.45, 7) is 5.96. The second-order valence-corrected chi connectivity index (χ2v) is 5.20. The number of hydrogen-bond donors (Lipinski definition) is 1. The number of carbonyl (C=O) groups is 2. The average Bonchev–Trinajstić information content (AvgIpc) is 2.65. The summed E-state index contributed by atoms with van der Waals surface area (Å²) in [5.41, 5.74) is 6.92. The van der Waals surface area contributed by atoms with Gasteiger partial charge in [-0.05, 0) is 24.1 Å². The standard InChI is InChI=1S/C15H21N3O2/c1-12(19)18-8-2-7-17(9-10-18)11-13-3-5-14(6-4-13)15(16)20/h3-6H,2,7-11H2,1H3,(H2,16,20). The predicted molar refractivity (Wildman–Crippen MR) is 77.1 cm³/mol. The van der Waals surface area contributed by atoms with Crippen LogP contribution in [0, 0.1) is 0 Å². The molecule has 0 atom stereocenters. The fourth-order valence-corrected chi connectivity index (χ4v) is 2.48. The highest BCUT2D eigenvalue weighted by Gasteiger charge is 2.16. The molecule has 0 aromatic heterocycles. The zero-order chi connectivity index (χ0) is 14.5. The Morgan fingerprint density at radius 2 is 1.80 bits per heavy atom. The van der Waals surface area contributed by atoms with E-state index in [2.05, 4.69) is 4.90 Å². The first-order chi connectivity index (χ1) is 9.56. The van der Waals surface area contributed by atoms with Crippen LogP contribution in [-0.4, -0.2) is 47.8 Å². The molecule has 1 aromatic rings. The van der Waals surface area contributed by atoms with Crippen LogP contribution in [0.5, 0.6) is 0 Å².